The molecule has 0 bridgehead atoms. The second-order valence-corrected chi connectivity index (χ2v) is 5.13. The Kier molecular flexibility index (Phi) is 3.62. The molecule has 5 nitrogen and oxygen atoms in total. The van der Waals surface area contributed by atoms with Crippen LogP contribution in [-0.2, 0) is 11.3 Å². The number of piperazine rings is 1. The average Bonchev–Trinajstić information content (AvgIpc) is 2.48. The number of aldehydes is 1. The molecule has 3 rings (SSSR count). The van der Waals surface area contributed by atoms with E-state index in [9.17, 15) is 4.79 Å². The predicted octanol–water partition coefficient (Wildman–Crippen LogP) is 0.790. The molecule has 0 amide bonds. The topological polar surface area (TPSA) is 71.2 Å². The van der Waals surface area contributed by atoms with Gasteiger partial charge in [0.25, 0.3) is 0 Å². The first-order chi connectivity index (χ1) is 9.78. The number of hydrogen-bond acceptors (Lipinski definition) is 5. The van der Waals surface area contributed by atoms with E-state index in [-0.39, 0.29) is 6.04 Å². The molecular weight excluding hydrogens is 252 g/mol. The predicted molar refractivity (Wildman–Crippen MR) is 79.3 cm³/mol. The molecule has 0 spiro atoms. The quantitative estimate of drug-likeness (QED) is 0.807. The molecule has 1 aromatic heterocycles. The Morgan fingerprint density at radius 1 is 1.45 bits per heavy atom. The molecule has 1 fully saturated rings. The SMILES string of the molecule is Nc1nccc2cc(CN3CCNCC3C=O)ccc12. The maximum atomic E-state index is 11.1. The van der Waals surface area contributed by atoms with E-state index in [1.54, 1.807) is 6.20 Å². The van der Waals surface area contributed by atoms with E-state index in [1.807, 2.05) is 12.1 Å². The number of carbonyl (C=O) groups is 1. The number of pyridine rings is 1. The van der Waals surface area contributed by atoms with Crippen LogP contribution in [-0.4, -0.2) is 41.8 Å². The number of nitrogen functional groups attached to an aromatic ring is 1. The largest absolute Gasteiger partial charge is 0.383 e. The first-order valence-corrected chi connectivity index (χ1v) is 6.81. The summed E-state index contributed by atoms with van der Waals surface area (Å²) in [6.07, 6.45) is 2.75. The molecule has 104 valence electrons. The minimum absolute atomic E-state index is 0.0399. The van der Waals surface area contributed by atoms with Crippen LogP contribution < -0.4 is 11.1 Å². The number of carbonyl (C=O) groups excluding carboxylic acids is 1. The summed E-state index contributed by atoms with van der Waals surface area (Å²) in [6, 6.07) is 8.11. The number of nitrogens with two attached hydrogens (primary N) is 1. The van der Waals surface area contributed by atoms with E-state index in [0.29, 0.717) is 5.82 Å². The fraction of sp³-hybridized carbons (Fsp3) is 0.333. The molecule has 1 saturated heterocycles. The Bertz CT molecular complexity index is 628. The molecule has 1 unspecified atom stereocenters. The van der Waals surface area contributed by atoms with Crippen LogP contribution in [0.25, 0.3) is 10.8 Å². The van der Waals surface area contributed by atoms with Gasteiger partial charge in [0.05, 0.1) is 6.04 Å². The van der Waals surface area contributed by atoms with E-state index in [4.69, 9.17) is 5.73 Å². The highest BCUT2D eigenvalue weighted by Crippen LogP contribution is 2.21. The molecular formula is C15H18N4O. The lowest BCUT2D eigenvalue weighted by molar-refractivity contribution is -0.113. The van der Waals surface area contributed by atoms with Crippen LogP contribution in [0.5, 0.6) is 0 Å². The van der Waals surface area contributed by atoms with Crippen molar-refractivity contribution in [1.82, 2.24) is 15.2 Å². The minimum atomic E-state index is -0.0399. The van der Waals surface area contributed by atoms with Gasteiger partial charge >= 0.3 is 0 Å². The summed E-state index contributed by atoms with van der Waals surface area (Å²) >= 11 is 0. The molecule has 1 aliphatic rings. The molecule has 1 aromatic carbocycles. The summed E-state index contributed by atoms with van der Waals surface area (Å²) in [7, 11) is 0. The number of aromatic nitrogens is 1. The molecule has 20 heavy (non-hydrogen) atoms. The van der Waals surface area contributed by atoms with Crippen LogP contribution in [0.1, 0.15) is 5.56 Å². The smallest absolute Gasteiger partial charge is 0.138 e. The molecule has 2 heterocycles. The monoisotopic (exact) mass is 270 g/mol. The molecule has 5 heteroatoms. The van der Waals surface area contributed by atoms with Gasteiger partial charge in [0.2, 0.25) is 0 Å². The van der Waals surface area contributed by atoms with Gasteiger partial charge in [0.15, 0.2) is 0 Å². The van der Waals surface area contributed by atoms with Crippen LogP contribution >= 0.6 is 0 Å². The Morgan fingerprint density at radius 3 is 3.20 bits per heavy atom. The minimum Gasteiger partial charge on any atom is -0.383 e. The second-order valence-electron chi connectivity index (χ2n) is 5.13. The molecule has 1 aliphatic heterocycles. The zero-order valence-corrected chi connectivity index (χ0v) is 11.2. The van der Waals surface area contributed by atoms with E-state index >= 15 is 0 Å². The van der Waals surface area contributed by atoms with Crippen molar-refractivity contribution in [3.63, 3.8) is 0 Å². The third-order valence-electron chi connectivity index (χ3n) is 3.80. The number of benzene rings is 1. The number of rotatable bonds is 3. The lowest BCUT2D eigenvalue weighted by Gasteiger charge is -2.32. The van der Waals surface area contributed by atoms with E-state index in [0.717, 1.165) is 43.2 Å². The van der Waals surface area contributed by atoms with Crippen molar-refractivity contribution in [1.29, 1.82) is 0 Å². The van der Waals surface area contributed by atoms with Crippen molar-refractivity contribution in [2.75, 3.05) is 25.4 Å². The van der Waals surface area contributed by atoms with Gasteiger partial charge in [0, 0.05) is 37.8 Å². The molecule has 3 N–H and O–H groups in total. The summed E-state index contributed by atoms with van der Waals surface area (Å²) in [5, 5.41) is 5.31. The number of nitrogens with zero attached hydrogens (tertiary/aromatic N) is 2. The van der Waals surface area contributed by atoms with E-state index in [2.05, 4.69) is 27.3 Å². The first-order valence-electron chi connectivity index (χ1n) is 6.81. The van der Waals surface area contributed by atoms with Crippen LogP contribution in [0.2, 0.25) is 0 Å². The van der Waals surface area contributed by atoms with Gasteiger partial charge in [-0.2, -0.15) is 0 Å². The van der Waals surface area contributed by atoms with Crippen LogP contribution in [0.15, 0.2) is 30.5 Å². The highest BCUT2D eigenvalue weighted by molar-refractivity contribution is 5.91. The normalized spacial score (nSPS) is 20.1. The average molecular weight is 270 g/mol. The second kappa shape index (κ2) is 5.56. The summed E-state index contributed by atoms with van der Waals surface area (Å²) in [5.74, 6) is 0.557. The lowest BCUT2D eigenvalue weighted by atomic mass is 10.1. The van der Waals surface area contributed by atoms with Crippen molar-refractivity contribution in [3.05, 3.63) is 36.0 Å². The van der Waals surface area contributed by atoms with Crippen LogP contribution in [0, 0.1) is 0 Å². The summed E-state index contributed by atoms with van der Waals surface area (Å²) in [5.41, 5.74) is 7.05. The lowest BCUT2D eigenvalue weighted by Crippen LogP contribution is -2.51. The van der Waals surface area contributed by atoms with Gasteiger partial charge in [-0.3, -0.25) is 4.90 Å². The summed E-state index contributed by atoms with van der Waals surface area (Å²) < 4.78 is 0. The van der Waals surface area contributed by atoms with Gasteiger partial charge < -0.3 is 15.8 Å². The van der Waals surface area contributed by atoms with Crippen molar-refractivity contribution >= 4 is 22.9 Å². The first kappa shape index (κ1) is 13.0. The van der Waals surface area contributed by atoms with Gasteiger partial charge in [-0.05, 0) is 23.1 Å². The standard InChI is InChI=1S/C15H18N4O/c16-15-14-2-1-11(7-12(14)3-4-18-15)9-19-6-5-17-8-13(19)10-20/h1-4,7,10,13,17H,5-6,8-9H2,(H2,16,18). The fourth-order valence-electron chi connectivity index (χ4n) is 2.68. The van der Waals surface area contributed by atoms with E-state index < -0.39 is 0 Å². The molecule has 2 aromatic rings. The van der Waals surface area contributed by atoms with Crippen molar-refractivity contribution in [3.8, 4) is 0 Å². The number of hydrogen-bond donors (Lipinski definition) is 2. The Labute approximate surface area is 117 Å². The number of nitrogens with one attached hydrogen (secondary N) is 1. The van der Waals surface area contributed by atoms with Gasteiger partial charge in [0.1, 0.15) is 12.1 Å². The van der Waals surface area contributed by atoms with Crippen molar-refractivity contribution in [2.24, 2.45) is 0 Å². The Hall–Kier alpha value is -1.98. The maximum absolute atomic E-state index is 11.1. The van der Waals surface area contributed by atoms with Crippen LogP contribution in [0.3, 0.4) is 0 Å². The third-order valence-corrected chi connectivity index (χ3v) is 3.80. The molecule has 1 atom stereocenters. The zero-order chi connectivity index (χ0) is 13.9. The Balaban J connectivity index is 1.85. The van der Waals surface area contributed by atoms with Crippen molar-refractivity contribution < 1.29 is 4.79 Å². The van der Waals surface area contributed by atoms with Gasteiger partial charge in [-0.1, -0.05) is 12.1 Å². The molecule has 0 saturated carbocycles. The van der Waals surface area contributed by atoms with Gasteiger partial charge in [-0.25, -0.2) is 4.98 Å². The molecule has 0 aliphatic carbocycles. The fourth-order valence-corrected chi connectivity index (χ4v) is 2.68. The number of fused-ring (bicyclic) bond motifs is 1. The number of anilines is 1. The van der Waals surface area contributed by atoms with Gasteiger partial charge in [-0.15, -0.1) is 0 Å². The zero-order valence-electron chi connectivity index (χ0n) is 11.2. The summed E-state index contributed by atoms with van der Waals surface area (Å²) in [6.45, 7) is 3.33. The summed E-state index contributed by atoms with van der Waals surface area (Å²) in [4.78, 5) is 17.4. The third kappa shape index (κ3) is 2.50. The molecule has 0 radical (unpaired) electrons. The van der Waals surface area contributed by atoms with E-state index in [1.165, 1.54) is 5.56 Å². The van der Waals surface area contributed by atoms with Crippen LogP contribution in [0.4, 0.5) is 5.82 Å². The highest BCUT2D eigenvalue weighted by atomic mass is 16.1. The highest BCUT2D eigenvalue weighted by Gasteiger charge is 2.21. The van der Waals surface area contributed by atoms with Crippen molar-refractivity contribution in [2.45, 2.75) is 12.6 Å². The Morgan fingerprint density at radius 2 is 2.35 bits per heavy atom. The maximum Gasteiger partial charge on any atom is 0.138 e.